The van der Waals surface area contributed by atoms with Gasteiger partial charge in [0.05, 0.1) is 22.9 Å². The summed E-state index contributed by atoms with van der Waals surface area (Å²) in [5, 5.41) is 2.64. The van der Waals surface area contributed by atoms with E-state index >= 15 is 0 Å². The smallest absolute Gasteiger partial charge is 0.264 e. The van der Waals surface area contributed by atoms with Crippen LogP contribution in [0, 0.1) is 0 Å². The zero-order chi connectivity index (χ0) is 19.0. The van der Waals surface area contributed by atoms with Crippen molar-refractivity contribution < 1.29 is 9.59 Å². The number of amides is 2. The predicted octanol–water partition coefficient (Wildman–Crippen LogP) is 3.03. The number of aromatic nitrogens is 1. The number of imide groups is 1. The number of piperazine rings is 1. The van der Waals surface area contributed by atoms with Gasteiger partial charge in [-0.1, -0.05) is 13.0 Å². The summed E-state index contributed by atoms with van der Waals surface area (Å²) < 4.78 is 0. The van der Waals surface area contributed by atoms with Gasteiger partial charge < -0.3 is 4.90 Å². The van der Waals surface area contributed by atoms with Crippen molar-refractivity contribution in [3.05, 3.63) is 45.9 Å². The Balaban J connectivity index is 1.62. The highest BCUT2D eigenvalue weighted by Gasteiger charge is 2.42. The molecule has 2 aliphatic heterocycles. The quantitative estimate of drug-likeness (QED) is 0.742. The monoisotopic (exact) mass is 384 g/mol. The van der Waals surface area contributed by atoms with E-state index in [4.69, 9.17) is 0 Å². The number of hydrogen-bond acceptors (Lipinski definition) is 6. The molecule has 142 valence electrons. The molecule has 1 aromatic heterocycles. The average molecular weight is 385 g/mol. The molecule has 0 aliphatic carbocycles. The summed E-state index contributed by atoms with van der Waals surface area (Å²) in [6, 6.07) is 5.26. The lowest BCUT2D eigenvalue weighted by atomic mass is 10.1. The summed E-state index contributed by atoms with van der Waals surface area (Å²) in [6.45, 7) is 8.89. The molecule has 0 N–H and O–H groups in total. The standard InChI is InChI=1S/C20H24N4O2S/c1-3-8-22-9-11-23(12-10-22)16-6-4-5-15-17(16)20(26)24(19(15)25)14(2)18-21-7-13-27-18/h4-7,13-14H,3,8-12H2,1-2H3. The van der Waals surface area contributed by atoms with Gasteiger partial charge in [0.1, 0.15) is 5.01 Å². The SMILES string of the molecule is CCCN1CCN(c2cccc3c2C(=O)N(C(C)c2nccs2)C3=O)CC1. The fourth-order valence-electron chi connectivity index (χ4n) is 3.98. The van der Waals surface area contributed by atoms with Crippen LogP contribution >= 0.6 is 11.3 Å². The highest BCUT2D eigenvalue weighted by atomic mass is 32.1. The molecule has 3 heterocycles. The Labute approximate surface area is 163 Å². The van der Waals surface area contributed by atoms with Crippen LogP contribution in [0.15, 0.2) is 29.8 Å². The third kappa shape index (κ3) is 3.15. The third-order valence-electron chi connectivity index (χ3n) is 5.37. The van der Waals surface area contributed by atoms with Gasteiger partial charge in [-0.2, -0.15) is 0 Å². The molecule has 2 amide bonds. The van der Waals surface area contributed by atoms with E-state index in [1.807, 2.05) is 24.4 Å². The number of benzene rings is 1. The molecule has 7 heteroatoms. The Morgan fingerprint density at radius 3 is 2.59 bits per heavy atom. The highest BCUT2D eigenvalue weighted by Crippen LogP contribution is 2.37. The molecule has 1 saturated heterocycles. The van der Waals surface area contributed by atoms with Crippen molar-refractivity contribution in [1.82, 2.24) is 14.8 Å². The van der Waals surface area contributed by atoms with Gasteiger partial charge in [0.15, 0.2) is 0 Å². The maximum atomic E-state index is 13.2. The molecule has 6 nitrogen and oxygen atoms in total. The molecule has 0 spiro atoms. The van der Waals surface area contributed by atoms with E-state index in [0.717, 1.165) is 49.8 Å². The number of fused-ring (bicyclic) bond motifs is 1. The maximum absolute atomic E-state index is 13.2. The summed E-state index contributed by atoms with van der Waals surface area (Å²) in [5.41, 5.74) is 1.95. The van der Waals surface area contributed by atoms with Gasteiger partial charge in [0.25, 0.3) is 11.8 Å². The zero-order valence-corrected chi connectivity index (χ0v) is 16.5. The second-order valence-electron chi connectivity index (χ2n) is 7.06. The first-order valence-corrected chi connectivity index (χ1v) is 10.4. The number of thiazole rings is 1. The molecular formula is C20H24N4O2S. The molecule has 2 aromatic rings. The molecule has 0 saturated carbocycles. The fraction of sp³-hybridized carbons (Fsp3) is 0.450. The number of hydrogen-bond donors (Lipinski definition) is 0. The number of rotatable bonds is 5. The van der Waals surface area contributed by atoms with Crippen LogP contribution in [0.1, 0.15) is 52.0 Å². The van der Waals surface area contributed by atoms with Gasteiger partial charge in [0.2, 0.25) is 0 Å². The van der Waals surface area contributed by atoms with Crippen molar-refractivity contribution in [2.24, 2.45) is 0 Å². The summed E-state index contributed by atoms with van der Waals surface area (Å²) in [4.78, 5) is 36.5. The van der Waals surface area contributed by atoms with Crippen LogP contribution in [-0.2, 0) is 0 Å². The topological polar surface area (TPSA) is 56.8 Å². The highest BCUT2D eigenvalue weighted by molar-refractivity contribution is 7.09. The van der Waals surface area contributed by atoms with E-state index in [2.05, 4.69) is 21.7 Å². The van der Waals surface area contributed by atoms with Gasteiger partial charge in [0, 0.05) is 37.8 Å². The van der Waals surface area contributed by atoms with E-state index in [1.165, 1.54) is 16.2 Å². The van der Waals surface area contributed by atoms with Gasteiger partial charge in [-0.05, 0) is 32.0 Å². The van der Waals surface area contributed by atoms with E-state index < -0.39 is 0 Å². The Kier molecular flexibility index (Phi) is 4.97. The summed E-state index contributed by atoms with van der Waals surface area (Å²) in [5.74, 6) is -0.423. The van der Waals surface area contributed by atoms with Crippen LogP contribution in [0.25, 0.3) is 0 Å². The van der Waals surface area contributed by atoms with Crippen molar-refractivity contribution in [2.45, 2.75) is 26.3 Å². The van der Waals surface area contributed by atoms with Gasteiger partial charge in [-0.3, -0.25) is 19.4 Å². The Bertz CT molecular complexity index is 844. The van der Waals surface area contributed by atoms with E-state index in [1.54, 1.807) is 12.3 Å². The molecule has 0 bridgehead atoms. The minimum atomic E-state index is -0.355. The molecule has 0 radical (unpaired) electrons. The first kappa shape index (κ1) is 18.1. The molecule has 1 aromatic carbocycles. The van der Waals surface area contributed by atoms with Crippen molar-refractivity contribution in [3.8, 4) is 0 Å². The fourth-order valence-corrected chi connectivity index (χ4v) is 4.67. The minimum absolute atomic E-state index is 0.204. The average Bonchev–Trinajstić information content (AvgIpc) is 3.30. The third-order valence-corrected chi connectivity index (χ3v) is 6.32. The molecule has 2 aliphatic rings. The van der Waals surface area contributed by atoms with Gasteiger partial charge in [-0.15, -0.1) is 11.3 Å². The van der Waals surface area contributed by atoms with Crippen LogP contribution in [0.5, 0.6) is 0 Å². The van der Waals surface area contributed by atoms with Crippen LogP contribution in [-0.4, -0.2) is 59.3 Å². The Hall–Kier alpha value is -2.25. The van der Waals surface area contributed by atoms with Crippen LogP contribution in [0.2, 0.25) is 0 Å². The zero-order valence-electron chi connectivity index (χ0n) is 15.7. The molecule has 4 rings (SSSR count). The minimum Gasteiger partial charge on any atom is -0.368 e. The Morgan fingerprint density at radius 1 is 1.15 bits per heavy atom. The van der Waals surface area contributed by atoms with E-state index in [0.29, 0.717) is 11.1 Å². The van der Waals surface area contributed by atoms with E-state index in [-0.39, 0.29) is 17.9 Å². The lowest BCUT2D eigenvalue weighted by molar-refractivity contribution is 0.0595. The normalized spacial score (nSPS) is 18.9. The number of anilines is 1. The van der Waals surface area contributed by atoms with Crippen molar-refractivity contribution in [2.75, 3.05) is 37.6 Å². The van der Waals surface area contributed by atoms with Gasteiger partial charge in [-0.25, -0.2) is 4.98 Å². The lowest BCUT2D eigenvalue weighted by Crippen LogP contribution is -2.47. The summed E-state index contributed by atoms with van der Waals surface area (Å²) in [6.07, 6.45) is 2.85. The summed E-state index contributed by atoms with van der Waals surface area (Å²) in [7, 11) is 0. The molecule has 1 atom stereocenters. The van der Waals surface area contributed by atoms with Gasteiger partial charge >= 0.3 is 0 Å². The molecular weight excluding hydrogens is 360 g/mol. The molecule has 27 heavy (non-hydrogen) atoms. The maximum Gasteiger partial charge on any atom is 0.264 e. The Morgan fingerprint density at radius 2 is 1.93 bits per heavy atom. The first-order chi connectivity index (χ1) is 13.1. The van der Waals surface area contributed by atoms with Crippen LogP contribution < -0.4 is 4.90 Å². The van der Waals surface area contributed by atoms with Crippen molar-refractivity contribution in [1.29, 1.82) is 0 Å². The second-order valence-corrected chi connectivity index (χ2v) is 7.98. The number of nitrogens with zero attached hydrogens (tertiary/aromatic N) is 4. The van der Waals surface area contributed by atoms with Crippen LogP contribution in [0.4, 0.5) is 5.69 Å². The lowest BCUT2D eigenvalue weighted by Gasteiger charge is -2.36. The molecule has 1 fully saturated rings. The second kappa shape index (κ2) is 7.40. The van der Waals surface area contributed by atoms with Crippen molar-refractivity contribution in [3.63, 3.8) is 0 Å². The van der Waals surface area contributed by atoms with Crippen LogP contribution in [0.3, 0.4) is 0 Å². The predicted molar refractivity (Wildman–Crippen MR) is 106 cm³/mol. The first-order valence-electron chi connectivity index (χ1n) is 9.49. The number of carbonyl (C=O) groups is 2. The van der Waals surface area contributed by atoms with Crippen molar-refractivity contribution >= 4 is 28.8 Å². The molecule has 1 unspecified atom stereocenters. The number of carbonyl (C=O) groups excluding carboxylic acids is 2. The summed E-state index contributed by atoms with van der Waals surface area (Å²) >= 11 is 1.46. The van der Waals surface area contributed by atoms with E-state index in [9.17, 15) is 9.59 Å². The largest absolute Gasteiger partial charge is 0.368 e.